The van der Waals surface area contributed by atoms with E-state index in [2.05, 4.69) is 6.07 Å². The Morgan fingerprint density at radius 3 is 1.80 bits per heavy atom. The molecule has 0 atom stereocenters. The minimum Gasteiger partial charge on any atom is -0.492 e. The van der Waals surface area contributed by atoms with Crippen molar-refractivity contribution in [3.63, 3.8) is 0 Å². The van der Waals surface area contributed by atoms with E-state index in [4.69, 9.17) is 14.9 Å². The van der Waals surface area contributed by atoms with Gasteiger partial charge < -0.3 is 14.9 Å². The highest BCUT2D eigenvalue weighted by Crippen LogP contribution is 2.30. The first-order valence-corrected chi connectivity index (χ1v) is 12.4. The predicted octanol–water partition coefficient (Wildman–Crippen LogP) is 6.79. The van der Waals surface area contributed by atoms with Crippen LogP contribution in [0.25, 0.3) is 0 Å². The van der Waals surface area contributed by atoms with Crippen molar-refractivity contribution in [1.82, 2.24) is 0 Å². The van der Waals surface area contributed by atoms with Gasteiger partial charge in [-0.3, -0.25) is 9.59 Å². The SMILES string of the molecule is O=C(O)CCCCCCCCCCCCCSc1ccccc1OCCCC(=O)O. The Bertz CT molecular complexity index is 591. The van der Waals surface area contributed by atoms with Crippen LogP contribution in [0.2, 0.25) is 0 Å². The second-order valence-electron chi connectivity index (χ2n) is 7.67. The zero-order valence-corrected chi connectivity index (χ0v) is 19.0. The standard InChI is InChI=1S/C24H38O5S/c25-23(26)17-10-8-6-4-2-1-3-5-7-9-13-20-30-22-16-12-11-15-21(22)29-19-14-18-24(27)28/h11-12,15-16H,1-10,13-14,17-20H2,(H,25,26)(H,27,28). The minimum atomic E-state index is -0.783. The first-order valence-electron chi connectivity index (χ1n) is 11.4. The Balaban J connectivity index is 1.97. The van der Waals surface area contributed by atoms with Crippen LogP contribution >= 0.6 is 11.8 Å². The summed E-state index contributed by atoms with van der Waals surface area (Å²) in [4.78, 5) is 22.1. The molecule has 1 aromatic carbocycles. The topological polar surface area (TPSA) is 83.8 Å². The fourth-order valence-electron chi connectivity index (χ4n) is 3.25. The van der Waals surface area contributed by atoms with Crippen molar-refractivity contribution in [1.29, 1.82) is 0 Å². The molecule has 0 unspecified atom stereocenters. The lowest BCUT2D eigenvalue weighted by molar-refractivity contribution is -0.138. The van der Waals surface area contributed by atoms with Gasteiger partial charge in [0.15, 0.2) is 0 Å². The summed E-state index contributed by atoms with van der Waals surface area (Å²) in [5.41, 5.74) is 0. The molecule has 0 aliphatic rings. The Hall–Kier alpha value is -1.69. The number of rotatable bonds is 20. The molecule has 0 bridgehead atoms. The smallest absolute Gasteiger partial charge is 0.303 e. The van der Waals surface area contributed by atoms with Gasteiger partial charge in [0.2, 0.25) is 0 Å². The van der Waals surface area contributed by atoms with Crippen molar-refractivity contribution in [3.05, 3.63) is 24.3 Å². The number of carboxylic acid groups (broad SMARTS) is 2. The summed E-state index contributed by atoms with van der Waals surface area (Å²) in [7, 11) is 0. The number of thioether (sulfide) groups is 1. The normalized spacial score (nSPS) is 10.8. The molecule has 6 heteroatoms. The van der Waals surface area contributed by atoms with Gasteiger partial charge in [-0.1, -0.05) is 69.9 Å². The van der Waals surface area contributed by atoms with E-state index in [9.17, 15) is 9.59 Å². The lowest BCUT2D eigenvalue weighted by Gasteiger charge is -2.10. The van der Waals surface area contributed by atoms with Gasteiger partial charge in [-0.2, -0.15) is 0 Å². The molecule has 0 amide bonds. The van der Waals surface area contributed by atoms with E-state index < -0.39 is 11.9 Å². The van der Waals surface area contributed by atoms with Crippen molar-refractivity contribution < 1.29 is 24.5 Å². The zero-order valence-electron chi connectivity index (χ0n) is 18.2. The van der Waals surface area contributed by atoms with Gasteiger partial charge in [0.1, 0.15) is 5.75 Å². The molecule has 170 valence electrons. The van der Waals surface area contributed by atoms with Crippen LogP contribution in [0.1, 0.15) is 89.9 Å². The number of para-hydroxylation sites is 1. The predicted molar refractivity (Wildman–Crippen MR) is 123 cm³/mol. The Morgan fingerprint density at radius 2 is 1.20 bits per heavy atom. The van der Waals surface area contributed by atoms with Gasteiger partial charge in [-0.25, -0.2) is 0 Å². The maximum atomic E-state index is 10.6. The Morgan fingerprint density at radius 1 is 0.700 bits per heavy atom. The van der Waals surface area contributed by atoms with Crippen molar-refractivity contribution in [3.8, 4) is 5.75 Å². The van der Waals surface area contributed by atoms with Crippen LogP contribution in [0.3, 0.4) is 0 Å². The second kappa shape index (κ2) is 18.1. The summed E-state index contributed by atoms with van der Waals surface area (Å²) < 4.78 is 5.75. The van der Waals surface area contributed by atoms with Gasteiger partial charge in [-0.05, 0) is 37.1 Å². The van der Waals surface area contributed by atoms with Crippen molar-refractivity contribution >= 4 is 23.7 Å². The van der Waals surface area contributed by atoms with Crippen LogP contribution in [0.4, 0.5) is 0 Å². The summed E-state index contributed by atoms with van der Waals surface area (Å²) in [6.45, 7) is 0.437. The fraction of sp³-hybridized carbons (Fsp3) is 0.667. The molecule has 0 radical (unpaired) electrons. The van der Waals surface area contributed by atoms with Crippen LogP contribution in [0.5, 0.6) is 5.75 Å². The molecule has 1 aromatic rings. The van der Waals surface area contributed by atoms with Crippen LogP contribution in [-0.2, 0) is 9.59 Å². The van der Waals surface area contributed by atoms with Gasteiger partial charge >= 0.3 is 11.9 Å². The number of ether oxygens (including phenoxy) is 1. The molecular formula is C24H38O5S. The molecule has 0 aliphatic heterocycles. The molecule has 5 nitrogen and oxygen atoms in total. The monoisotopic (exact) mass is 438 g/mol. The zero-order chi connectivity index (χ0) is 21.9. The molecule has 0 saturated heterocycles. The van der Waals surface area contributed by atoms with E-state index in [1.807, 2.05) is 30.0 Å². The molecule has 0 aromatic heterocycles. The third-order valence-corrected chi connectivity index (χ3v) is 6.08. The maximum Gasteiger partial charge on any atom is 0.303 e. The average molecular weight is 439 g/mol. The summed E-state index contributed by atoms with van der Waals surface area (Å²) in [5.74, 6) is 0.468. The quantitative estimate of drug-likeness (QED) is 0.172. The molecule has 30 heavy (non-hydrogen) atoms. The second-order valence-corrected chi connectivity index (χ2v) is 8.81. The van der Waals surface area contributed by atoms with Gasteiger partial charge in [-0.15, -0.1) is 11.8 Å². The van der Waals surface area contributed by atoms with Crippen LogP contribution in [0.15, 0.2) is 29.2 Å². The summed E-state index contributed by atoms with van der Waals surface area (Å²) in [6, 6.07) is 7.99. The molecule has 2 N–H and O–H groups in total. The van der Waals surface area contributed by atoms with Crippen molar-refractivity contribution in [2.24, 2.45) is 0 Å². The summed E-state index contributed by atoms with van der Waals surface area (Å²) >= 11 is 1.82. The van der Waals surface area contributed by atoms with Crippen LogP contribution in [-0.4, -0.2) is 34.5 Å². The Labute approximate surface area is 185 Å². The lowest BCUT2D eigenvalue weighted by atomic mass is 10.1. The molecule has 1 rings (SSSR count). The minimum absolute atomic E-state index is 0.141. The third-order valence-electron chi connectivity index (χ3n) is 4.93. The van der Waals surface area contributed by atoms with Crippen molar-refractivity contribution in [2.45, 2.75) is 94.8 Å². The molecule has 0 aliphatic carbocycles. The fourth-order valence-corrected chi connectivity index (χ4v) is 4.26. The average Bonchev–Trinajstić information content (AvgIpc) is 2.72. The van der Waals surface area contributed by atoms with Gasteiger partial charge in [0, 0.05) is 17.7 Å². The molecule has 0 heterocycles. The highest BCUT2D eigenvalue weighted by Gasteiger charge is 2.04. The van der Waals surface area contributed by atoms with E-state index in [1.54, 1.807) is 0 Å². The highest BCUT2D eigenvalue weighted by molar-refractivity contribution is 7.99. The lowest BCUT2D eigenvalue weighted by Crippen LogP contribution is -2.02. The number of hydrogen-bond acceptors (Lipinski definition) is 4. The number of hydrogen-bond donors (Lipinski definition) is 2. The molecule has 0 spiro atoms. The largest absolute Gasteiger partial charge is 0.492 e. The van der Waals surface area contributed by atoms with Crippen LogP contribution in [0, 0.1) is 0 Å². The van der Waals surface area contributed by atoms with E-state index in [0.29, 0.717) is 19.4 Å². The maximum absolute atomic E-state index is 10.6. The van der Waals surface area contributed by atoms with Crippen LogP contribution < -0.4 is 4.74 Å². The number of benzene rings is 1. The highest BCUT2D eigenvalue weighted by atomic mass is 32.2. The van der Waals surface area contributed by atoms with E-state index in [-0.39, 0.29) is 6.42 Å². The van der Waals surface area contributed by atoms with Crippen molar-refractivity contribution in [2.75, 3.05) is 12.4 Å². The van der Waals surface area contributed by atoms with E-state index >= 15 is 0 Å². The number of carbonyl (C=O) groups is 2. The summed E-state index contributed by atoms with van der Waals surface area (Å²) in [5, 5.41) is 17.3. The number of unbranched alkanes of at least 4 members (excludes halogenated alkanes) is 10. The first-order chi connectivity index (χ1) is 14.6. The third kappa shape index (κ3) is 15.2. The van der Waals surface area contributed by atoms with Gasteiger partial charge in [0.25, 0.3) is 0 Å². The molecule has 0 saturated carbocycles. The van der Waals surface area contributed by atoms with Gasteiger partial charge in [0.05, 0.1) is 6.61 Å². The summed E-state index contributed by atoms with van der Waals surface area (Å²) in [6.07, 6.45) is 14.1. The van der Waals surface area contributed by atoms with E-state index in [0.717, 1.165) is 35.7 Å². The molecular weight excluding hydrogens is 400 g/mol. The molecule has 0 fully saturated rings. The number of carboxylic acids is 2. The first kappa shape index (κ1) is 26.3. The Kier molecular flexibility index (Phi) is 15.9. The van der Waals surface area contributed by atoms with E-state index in [1.165, 1.54) is 51.4 Å². The number of aliphatic carboxylic acids is 2.